The SMILES string of the molecule is CC(C)[C@H](NC(=O)[C@@H]1CSSC[C@H](NC(=O)[C@H](C)N)C(=O)N[C@@H](Cc2ccc(C#Cc3ccccc3)cc2)C(=O)N[C@@H](Cc2c[nH]c3ccccc23)C(=O)N[C@@H](CCCCN)C(=O)N[C@@H](Cc2ccc(O)cc2)C(=O)N1)C(=O)O. The molecule has 8 atom stereocenters. The molecule has 4 aromatic carbocycles. The van der Waals surface area contributed by atoms with E-state index in [-0.39, 0.29) is 49.5 Å². The number of hydrogen-bond acceptors (Lipinski definition) is 13. The molecule has 1 fully saturated rings. The van der Waals surface area contributed by atoms with Crippen molar-refractivity contribution in [2.24, 2.45) is 17.4 Å². The Balaban J connectivity index is 1.43. The first-order valence-corrected chi connectivity index (χ1v) is 28.4. The summed E-state index contributed by atoms with van der Waals surface area (Å²) in [5, 5.41) is 40.0. The summed E-state index contributed by atoms with van der Waals surface area (Å²) in [6.45, 7) is 4.89. The Bertz CT molecular complexity index is 2980. The number of carbonyl (C=O) groups is 8. The number of unbranched alkanes of at least 4 members (excludes halogenated alkanes) is 1. The number of carboxylic acids is 1. The molecule has 14 N–H and O–H groups in total. The molecule has 20 nitrogen and oxygen atoms in total. The van der Waals surface area contributed by atoms with E-state index < -0.39 is 102 Å². The van der Waals surface area contributed by atoms with Crippen LogP contribution < -0.4 is 48.7 Å². The molecule has 418 valence electrons. The highest BCUT2D eigenvalue weighted by Crippen LogP contribution is 2.25. The Morgan fingerprint density at radius 3 is 1.80 bits per heavy atom. The molecule has 6 rings (SSSR count). The molecule has 79 heavy (non-hydrogen) atoms. The number of para-hydroxylation sites is 1. The van der Waals surface area contributed by atoms with Crippen molar-refractivity contribution in [2.45, 2.75) is 108 Å². The summed E-state index contributed by atoms with van der Waals surface area (Å²) < 4.78 is 0. The number of nitrogens with one attached hydrogen (secondary N) is 8. The van der Waals surface area contributed by atoms with Crippen LogP contribution in [0.15, 0.2) is 109 Å². The molecule has 1 saturated heterocycles. The Hall–Kier alpha value is -7.84. The minimum absolute atomic E-state index is 0.0413. The Morgan fingerprint density at radius 1 is 0.658 bits per heavy atom. The summed E-state index contributed by atoms with van der Waals surface area (Å²) in [5.41, 5.74) is 15.8. The van der Waals surface area contributed by atoms with Crippen LogP contribution >= 0.6 is 21.6 Å². The molecule has 0 bridgehead atoms. The van der Waals surface area contributed by atoms with Crippen LogP contribution in [0.5, 0.6) is 5.75 Å². The summed E-state index contributed by atoms with van der Waals surface area (Å²) in [4.78, 5) is 116. The number of amides is 7. The molecule has 22 heteroatoms. The van der Waals surface area contributed by atoms with E-state index in [1.54, 1.807) is 56.4 Å². The molecular formula is C57H68N10O10S2. The number of nitrogens with two attached hydrogens (primary N) is 2. The summed E-state index contributed by atoms with van der Waals surface area (Å²) >= 11 is 0. The lowest BCUT2D eigenvalue weighted by atomic mass is 10.00. The second-order valence-electron chi connectivity index (χ2n) is 19.5. The first-order chi connectivity index (χ1) is 37.9. The van der Waals surface area contributed by atoms with Crippen LogP contribution in [0.25, 0.3) is 10.9 Å². The third-order valence-corrected chi connectivity index (χ3v) is 15.4. The monoisotopic (exact) mass is 1120 g/mol. The van der Waals surface area contributed by atoms with Crippen LogP contribution in [-0.2, 0) is 57.6 Å². The Morgan fingerprint density at radius 2 is 1.19 bits per heavy atom. The smallest absolute Gasteiger partial charge is 0.326 e. The van der Waals surface area contributed by atoms with Crippen LogP contribution in [0.2, 0.25) is 0 Å². The largest absolute Gasteiger partial charge is 0.508 e. The zero-order chi connectivity index (χ0) is 57.0. The van der Waals surface area contributed by atoms with Crippen molar-refractivity contribution in [2.75, 3.05) is 18.1 Å². The maximum absolute atomic E-state index is 15.0. The molecule has 7 amide bonds. The van der Waals surface area contributed by atoms with Crippen molar-refractivity contribution in [1.29, 1.82) is 0 Å². The lowest BCUT2D eigenvalue weighted by molar-refractivity contribution is -0.143. The fourth-order valence-electron chi connectivity index (χ4n) is 8.43. The van der Waals surface area contributed by atoms with Crippen LogP contribution in [0.1, 0.15) is 67.9 Å². The van der Waals surface area contributed by atoms with Gasteiger partial charge < -0.3 is 63.9 Å². The molecule has 0 aliphatic carbocycles. The number of phenols is 1. The number of carboxylic acid groups (broad SMARTS) is 1. The summed E-state index contributed by atoms with van der Waals surface area (Å²) in [6.07, 6.45) is 2.20. The number of benzene rings is 4. The van der Waals surface area contributed by atoms with Crippen molar-refractivity contribution in [3.8, 4) is 17.6 Å². The van der Waals surface area contributed by atoms with Crippen molar-refractivity contribution in [3.05, 3.63) is 137 Å². The summed E-state index contributed by atoms with van der Waals surface area (Å²) in [6, 6.07) is 19.0. The number of carbonyl (C=O) groups excluding carboxylic acids is 7. The number of aromatic nitrogens is 1. The first-order valence-electron chi connectivity index (χ1n) is 25.9. The average molecular weight is 1120 g/mol. The number of aromatic hydroxyl groups is 1. The fourth-order valence-corrected chi connectivity index (χ4v) is 10.8. The van der Waals surface area contributed by atoms with Gasteiger partial charge in [0.05, 0.1) is 6.04 Å². The highest BCUT2D eigenvalue weighted by atomic mass is 33.1. The van der Waals surface area contributed by atoms with Crippen LogP contribution in [0.3, 0.4) is 0 Å². The number of rotatable bonds is 16. The highest BCUT2D eigenvalue weighted by Gasteiger charge is 2.36. The lowest BCUT2D eigenvalue weighted by Crippen LogP contribution is -2.61. The Labute approximate surface area is 466 Å². The van der Waals surface area contributed by atoms with E-state index >= 15 is 0 Å². The molecule has 5 aromatic rings. The van der Waals surface area contributed by atoms with Gasteiger partial charge >= 0.3 is 5.97 Å². The fraction of sp³-hybridized carbons (Fsp3) is 0.368. The minimum Gasteiger partial charge on any atom is -0.508 e. The Kier molecular flexibility index (Phi) is 22.8. The van der Waals surface area contributed by atoms with E-state index in [0.29, 0.717) is 35.1 Å². The third-order valence-electron chi connectivity index (χ3n) is 12.9. The van der Waals surface area contributed by atoms with Gasteiger partial charge in [0.2, 0.25) is 41.4 Å². The molecular weight excluding hydrogens is 1050 g/mol. The van der Waals surface area contributed by atoms with Gasteiger partial charge in [-0.05, 0) is 97.8 Å². The van der Waals surface area contributed by atoms with E-state index in [1.807, 2.05) is 54.6 Å². The van der Waals surface area contributed by atoms with E-state index in [1.165, 1.54) is 19.1 Å². The normalized spacial score (nSPS) is 20.7. The van der Waals surface area contributed by atoms with Crippen molar-refractivity contribution < 1.29 is 48.6 Å². The second-order valence-corrected chi connectivity index (χ2v) is 22.1. The first kappa shape index (κ1) is 60.4. The van der Waals surface area contributed by atoms with Gasteiger partial charge in [-0.2, -0.15) is 0 Å². The maximum Gasteiger partial charge on any atom is 0.326 e. The molecule has 1 aliphatic rings. The number of fused-ring (bicyclic) bond motifs is 1. The third kappa shape index (κ3) is 18.4. The number of hydrogen-bond donors (Lipinski definition) is 12. The molecule has 1 aliphatic heterocycles. The summed E-state index contributed by atoms with van der Waals surface area (Å²) in [5.74, 6) is -1.63. The van der Waals surface area contributed by atoms with Gasteiger partial charge in [-0.1, -0.05) is 108 Å². The van der Waals surface area contributed by atoms with E-state index in [0.717, 1.165) is 38.1 Å². The summed E-state index contributed by atoms with van der Waals surface area (Å²) in [7, 11) is 2.05. The standard InChI is InChI=1S/C57H68N10O10S2/c1-33(2)49(57(76)77)67-56(75)48-32-79-78-31-47(65-50(69)34(3)59)55(74)63-44(27-37-20-18-36(19-21-37)17-16-35-11-5-4-6-12-35)52(71)64-46(29-39-30-60-42-14-8-7-13-41(39)42)54(73)61-43(15-9-10-26-58)51(70)62-45(53(72)66-48)28-38-22-24-40(68)25-23-38/h4-8,11-14,18-25,30,33-34,43-49,60,68H,9-10,15,26-29,31-32,58-59H2,1-3H3,(H,61,73)(H,62,70)(H,63,74)(H,64,71)(H,65,69)(H,66,72)(H,67,75)(H,76,77)/t34-,43-,44-,45-,46-,47-,48-,49-/m0/s1. The van der Waals surface area contributed by atoms with Gasteiger partial charge in [-0.3, -0.25) is 33.6 Å². The van der Waals surface area contributed by atoms with Crippen molar-refractivity contribution in [1.82, 2.24) is 42.2 Å². The van der Waals surface area contributed by atoms with Gasteiger partial charge in [0.15, 0.2) is 0 Å². The zero-order valence-corrected chi connectivity index (χ0v) is 45.7. The molecule has 0 spiro atoms. The zero-order valence-electron chi connectivity index (χ0n) is 44.1. The van der Waals surface area contributed by atoms with Crippen LogP contribution in [-0.4, -0.2) is 129 Å². The number of H-pyrrole nitrogens is 1. The van der Waals surface area contributed by atoms with E-state index in [9.17, 15) is 48.6 Å². The van der Waals surface area contributed by atoms with E-state index in [2.05, 4.69) is 54.0 Å². The molecule has 0 saturated carbocycles. The number of aliphatic carboxylic acids is 1. The van der Waals surface area contributed by atoms with Gasteiger partial charge in [-0.25, -0.2) is 4.79 Å². The van der Waals surface area contributed by atoms with E-state index in [4.69, 9.17) is 11.5 Å². The van der Waals surface area contributed by atoms with Gasteiger partial charge in [0.25, 0.3) is 0 Å². The van der Waals surface area contributed by atoms with Gasteiger partial charge in [-0.15, -0.1) is 0 Å². The quantitative estimate of drug-likeness (QED) is 0.0384. The highest BCUT2D eigenvalue weighted by molar-refractivity contribution is 8.76. The number of phenolic OH excluding ortho intramolecular Hbond substituents is 1. The molecule has 0 radical (unpaired) electrons. The average Bonchev–Trinajstić information content (AvgIpc) is 3.84. The van der Waals surface area contributed by atoms with Crippen LogP contribution in [0, 0.1) is 17.8 Å². The maximum atomic E-state index is 15.0. The molecule has 0 unspecified atom stereocenters. The van der Waals surface area contributed by atoms with Crippen LogP contribution in [0.4, 0.5) is 0 Å². The topological polar surface area (TPSA) is 329 Å². The molecule has 2 heterocycles. The predicted octanol–water partition coefficient (Wildman–Crippen LogP) is 2.31. The van der Waals surface area contributed by atoms with Gasteiger partial charge in [0, 0.05) is 59.0 Å². The van der Waals surface area contributed by atoms with Gasteiger partial charge in [0.1, 0.15) is 48.0 Å². The second kappa shape index (κ2) is 29.8. The lowest BCUT2D eigenvalue weighted by Gasteiger charge is -2.29. The predicted molar refractivity (Wildman–Crippen MR) is 304 cm³/mol. The van der Waals surface area contributed by atoms with Crippen molar-refractivity contribution >= 4 is 79.8 Å². The number of aromatic amines is 1. The van der Waals surface area contributed by atoms with Crippen molar-refractivity contribution in [3.63, 3.8) is 0 Å². The minimum atomic E-state index is -1.43. The molecule has 1 aromatic heterocycles.